The number of ether oxygens (including phenoxy) is 1. The van der Waals surface area contributed by atoms with Gasteiger partial charge in [-0.3, -0.25) is 0 Å². The first-order valence-corrected chi connectivity index (χ1v) is 5.88. The average Bonchev–Trinajstić information content (AvgIpc) is 2.17. The molecule has 0 bridgehead atoms. The Hall–Kier alpha value is -0.540. The fourth-order valence-corrected chi connectivity index (χ4v) is 2.66. The summed E-state index contributed by atoms with van der Waals surface area (Å²) < 4.78 is 6.58. The summed E-state index contributed by atoms with van der Waals surface area (Å²) in [5.74, 6) is 1.00. The Morgan fingerprint density at radius 2 is 2.07 bits per heavy atom. The maximum Gasteiger partial charge on any atom is 0.125 e. The molecule has 0 saturated carbocycles. The summed E-state index contributed by atoms with van der Waals surface area (Å²) in [4.78, 5) is 0. The van der Waals surface area contributed by atoms with Crippen molar-refractivity contribution >= 4 is 15.9 Å². The summed E-state index contributed by atoms with van der Waals surface area (Å²) in [5, 5.41) is 3.16. The first kappa shape index (κ1) is 12.5. The van der Waals surface area contributed by atoms with Crippen LogP contribution in [0.15, 0.2) is 10.5 Å². The molecule has 0 saturated heterocycles. The number of benzene rings is 1. The summed E-state index contributed by atoms with van der Waals surface area (Å²) in [6.45, 7) is 5.16. The molecule has 2 nitrogen and oxygen atoms in total. The second-order valence-electron chi connectivity index (χ2n) is 3.67. The molecule has 15 heavy (non-hydrogen) atoms. The fraction of sp³-hybridized carbons (Fsp3) is 0.500. The van der Waals surface area contributed by atoms with Crippen molar-refractivity contribution in [1.82, 2.24) is 5.32 Å². The van der Waals surface area contributed by atoms with Crippen LogP contribution in [-0.4, -0.2) is 20.7 Å². The summed E-state index contributed by atoms with van der Waals surface area (Å²) >= 11 is 3.61. The highest BCUT2D eigenvalue weighted by Crippen LogP contribution is 2.32. The highest BCUT2D eigenvalue weighted by Gasteiger charge is 2.11. The van der Waals surface area contributed by atoms with Crippen LogP contribution in [0.2, 0.25) is 0 Å². The minimum Gasteiger partial charge on any atom is -0.496 e. The van der Waals surface area contributed by atoms with Crippen molar-refractivity contribution in [3.8, 4) is 5.75 Å². The third-order valence-electron chi connectivity index (χ3n) is 2.61. The van der Waals surface area contributed by atoms with Gasteiger partial charge in [0.1, 0.15) is 5.75 Å². The maximum atomic E-state index is 5.41. The van der Waals surface area contributed by atoms with Gasteiger partial charge in [-0.2, -0.15) is 0 Å². The van der Waals surface area contributed by atoms with E-state index in [9.17, 15) is 0 Å². The molecule has 84 valence electrons. The SMILES string of the molecule is CNCCc1c(Br)cc(C)c(OC)c1C. The summed E-state index contributed by atoms with van der Waals surface area (Å²) in [5.41, 5.74) is 3.74. The van der Waals surface area contributed by atoms with Gasteiger partial charge in [0.15, 0.2) is 0 Å². The van der Waals surface area contributed by atoms with E-state index in [0.29, 0.717) is 0 Å². The Bertz CT molecular complexity index is 350. The Balaban J connectivity index is 3.14. The fourth-order valence-electron chi connectivity index (χ4n) is 1.83. The molecule has 0 heterocycles. The van der Waals surface area contributed by atoms with Crippen LogP contribution in [0.25, 0.3) is 0 Å². The zero-order valence-corrected chi connectivity index (χ0v) is 11.4. The standard InChI is InChI=1S/C12H18BrNO/c1-8-7-11(13)10(5-6-14-3)9(2)12(8)15-4/h7,14H,5-6H2,1-4H3. The monoisotopic (exact) mass is 271 g/mol. The van der Waals surface area contributed by atoms with Crippen LogP contribution < -0.4 is 10.1 Å². The number of hydrogen-bond donors (Lipinski definition) is 1. The molecule has 0 radical (unpaired) electrons. The van der Waals surface area contributed by atoms with Crippen molar-refractivity contribution in [2.45, 2.75) is 20.3 Å². The number of hydrogen-bond acceptors (Lipinski definition) is 2. The van der Waals surface area contributed by atoms with E-state index in [2.05, 4.69) is 41.2 Å². The number of methoxy groups -OCH3 is 1. The number of likely N-dealkylation sites (N-methyl/N-ethyl adjacent to an activating group) is 1. The van der Waals surface area contributed by atoms with Gasteiger partial charge in [0.25, 0.3) is 0 Å². The maximum absolute atomic E-state index is 5.41. The predicted molar refractivity (Wildman–Crippen MR) is 67.8 cm³/mol. The minimum absolute atomic E-state index is 0.978. The van der Waals surface area contributed by atoms with Crippen molar-refractivity contribution in [2.24, 2.45) is 0 Å². The van der Waals surface area contributed by atoms with Gasteiger partial charge in [-0.1, -0.05) is 15.9 Å². The van der Waals surface area contributed by atoms with Gasteiger partial charge in [-0.05, 0) is 56.6 Å². The first-order chi connectivity index (χ1) is 7.11. The van der Waals surface area contributed by atoms with E-state index in [4.69, 9.17) is 4.74 Å². The van der Waals surface area contributed by atoms with Crippen molar-refractivity contribution in [2.75, 3.05) is 20.7 Å². The van der Waals surface area contributed by atoms with Crippen LogP contribution in [-0.2, 0) is 6.42 Å². The van der Waals surface area contributed by atoms with Crippen molar-refractivity contribution in [3.05, 3.63) is 27.2 Å². The van der Waals surface area contributed by atoms with E-state index in [1.807, 2.05) is 7.05 Å². The van der Waals surface area contributed by atoms with E-state index in [-0.39, 0.29) is 0 Å². The molecule has 1 rings (SSSR count). The molecule has 1 aromatic carbocycles. The molecule has 0 fully saturated rings. The van der Waals surface area contributed by atoms with Crippen molar-refractivity contribution in [1.29, 1.82) is 0 Å². The second kappa shape index (κ2) is 5.52. The lowest BCUT2D eigenvalue weighted by atomic mass is 10.0. The molecular weight excluding hydrogens is 254 g/mol. The van der Waals surface area contributed by atoms with Gasteiger partial charge in [-0.25, -0.2) is 0 Å². The molecule has 0 amide bonds. The van der Waals surface area contributed by atoms with E-state index < -0.39 is 0 Å². The largest absolute Gasteiger partial charge is 0.496 e. The van der Waals surface area contributed by atoms with Gasteiger partial charge in [-0.15, -0.1) is 0 Å². The third-order valence-corrected chi connectivity index (χ3v) is 3.32. The summed E-state index contributed by atoms with van der Waals surface area (Å²) in [6.07, 6.45) is 1.01. The van der Waals surface area contributed by atoms with Gasteiger partial charge in [0.2, 0.25) is 0 Å². The van der Waals surface area contributed by atoms with E-state index in [1.165, 1.54) is 21.2 Å². The topological polar surface area (TPSA) is 21.3 Å². The van der Waals surface area contributed by atoms with E-state index in [1.54, 1.807) is 7.11 Å². The molecular formula is C12H18BrNO. The molecule has 0 aliphatic heterocycles. The Morgan fingerprint density at radius 1 is 1.40 bits per heavy atom. The van der Waals surface area contributed by atoms with Gasteiger partial charge >= 0.3 is 0 Å². The highest BCUT2D eigenvalue weighted by atomic mass is 79.9. The van der Waals surface area contributed by atoms with Crippen LogP contribution >= 0.6 is 15.9 Å². The molecule has 3 heteroatoms. The van der Waals surface area contributed by atoms with Crippen molar-refractivity contribution < 1.29 is 4.74 Å². The lowest BCUT2D eigenvalue weighted by molar-refractivity contribution is 0.407. The normalized spacial score (nSPS) is 10.5. The second-order valence-corrected chi connectivity index (χ2v) is 4.52. The molecule has 0 unspecified atom stereocenters. The van der Waals surface area contributed by atoms with Crippen LogP contribution in [0.5, 0.6) is 5.75 Å². The first-order valence-electron chi connectivity index (χ1n) is 5.09. The molecule has 0 spiro atoms. The molecule has 1 N–H and O–H groups in total. The summed E-state index contributed by atoms with van der Waals surface area (Å²) in [7, 11) is 3.69. The van der Waals surface area contributed by atoms with Gasteiger partial charge in [0, 0.05) is 4.47 Å². The van der Waals surface area contributed by atoms with Gasteiger partial charge in [0.05, 0.1) is 7.11 Å². The third kappa shape index (κ3) is 2.73. The van der Waals surface area contributed by atoms with Crippen LogP contribution in [0.3, 0.4) is 0 Å². The Kier molecular flexibility index (Phi) is 4.61. The van der Waals surface area contributed by atoms with E-state index in [0.717, 1.165) is 18.7 Å². The molecule has 0 aromatic heterocycles. The smallest absolute Gasteiger partial charge is 0.125 e. The zero-order chi connectivity index (χ0) is 11.4. The average molecular weight is 272 g/mol. The lowest BCUT2D eigenvalue weighted by Crippen LogP contribution is -2.12. The predicted octanol–water partition coefficient (Wildman–Crippen LogP) is 2.84. The molecule has 0 aliphatic carbocycles. The zero-order valence-electron chi connectivity index (χ0n) is 9.78. The number of nitrogens with one attached hydrogen (secondary N) is 1. The molecule has 1 aromatic rings. The number of aryl methyl sites for hydroxylation is 1. The number of halogens is 1. The Morgan fingerprint density at radius 3 is 2.60 bits per heavy atom. The lowest BCUT2D eigenvalue weighted by Gasteiger charge is -2.15. The van der Waals surface area contributed by atoms with Crippen LogP contribution in [0, 0.1) is 13.8 Å². The Labute approximate surface area is 100 Å². The number of rotatable bonds is 4. The molecule has 0 aliphatic rings. The summed E-state index contributed by atoms with van der Waals surface area (Å²) in [6, 6.07) is 2.12. The van der Waals surface area contributed by atoms with E-state index >= 15 is 0 Å². The highest BCUT2D eigenvalue weighted by molar-refractivity contribution is 9.10. The van der Waals surface area contributed by atoms with Crippen molar-refractivity contribution in [3.63, 3.8) is 0 Å². The van der Waals surface area contributed by atoms with Crippen LogP contribution in [0.4, 0.5) is 0 Å². The molecule has 0 atom stereocenters. The van der Waals surface area contributed by atoms with Crippen LogP contribution in [0.1, 0.15) is 16.7 Å². The minimum atomic E-state index is 0.978. The van der Waals surface area contributed by atoms with Gasteiger partial charge < -0.3 is 10.1 Å². The quantitative estimate of drug-likeness (QED) is 0.910.